The van der Waals surface area contributed by atoms with Crippen LogP contribution in [0.5, 0.6) is 5.75 Å². The fourth-order valence-electron chi connectivity index (χ4n) is 2.20. The zero-order valence-corrected chi connectivity index (χ0v) is 14.0. The van der Waals surface area contributed by atoms with Crippen molar-refractivity contribution >= 4 is 0 Å². The minimum Gasteiger partial charge on any atom is -0.493 e. The van der Waals surface area contributed by atoms with Crippen molar-refractivity contribution in [3.8, 4) is 5.75 Å². The topological polar surface area (TPSA) is 35.2 Å². The first-order chi connectivity index (χ1) is 9.15. The van der Waals surface area contributed by atoms with Gasteiger partial charge in [0.1, 0.15) is 5.75 Å². The van der Waals surface area contributed by atoms with Gasteiger partial charge in [-0.1, -0.05) is 46.8 Å². The molecule has 0 saturated carbocycles. The standard InChI is InChI=1S/C18H31NO/c1-14-8-9-15(17(2,3)4)16(12-14)20-11-7-10-18(5,6)13-19/h8-9,12H,7,10-11,13,19H2,1-6H3. The van der Waals surface area contributed by atoms with Crippen molar-refractivity contribution in [3.63, 3.8) is 0 Å². The Morgan fingerprint density at radius 3 is 2.30 bits per heavy atom. The summed E-state index contributed by atoms with van der Waals surface area (Å²) >= 11 is 0. The second-order valence-electron chi connectivity index (χ2n) is 7.57. The molecule has 2 heteroatoms. The van der Waals surface area contributed by atoms with Crippen molar-refractivity contribution in [3.05, 3.63) is 29.3 Å². The van der Waals surface area contributed by atoms with E-state index in [-0.39, 0.29) is 10.8 Å². The number of hydrogen-bond donors (Lipinski definition) is 1. The summed E-state index contributed by atoms with van der Waals surface area (Å²) in [5, 5.41) is 0. The van der Waals surface area contributed by atoms with Gasteiger partial charge in [0.25, 0.3) is 0 Å². The van der Waals surface area contributed by atoms with E-state index in [1.54, 1.807) is 0 Å². The zero-order chi connectivity index (χ0) is 15.4. The van der Waals surface area contributed by atoms with Crippen LogP contribution in [0.2, 0.25) is 0 Å². The molecule has 2 N–H and O–H groups in total. The predicted octanol–water partition coefficient (Wildman–Crippen LogP) is 4.44. The summed E-state index contributed by atoms with van der Waals surface area (Å²) in [4.78, 5) is 0. The molecule has 0 fully saturated rings. The van der Waals surface area contributed by atoms with Gasteiger partial charge >= 0.3 is 0 Å². The maximum absolute atomic E-state index is 6.04. The molecule has 0 bridgehead atoms. The van der Waals surface area contributed by atoms with E-state index < -0.39 is 0 Å². The monoisotopic (exact) mass is 277 g/mol. The molecule has 0 aliphatic carbocycles. The molecule has 0 saturated heterocycles. The Morgan fingerprint density at radius 2 is 1.75 bits per heavy atom. The molecule has 20 heavy (non-hydrogen) atoms. The van der Waals surface area contributed by atoms with Gasteiger partial charge in [0.2, 0.25) is 0 Å². The van der Waals surface area contributed by atoms with E-state index in [2.05, 4.69) is 59.7 Å². The Labute approximate surface area is 124 Å². The first-order valence-corrected chi connectivity index (χ1v) is 7.60. The van der Waals surface area contributed by atoms with Crippen LogP contribution in [-0.2, 0) is 5.41 Å². The first kappa shape index (κ1) is 17.0. The van der Waals surface area contributed by atoms with E-state index in [0.29, 0.717) is 0 Å². The van der Waals surface area contributed by atoms with Crippen LogP contribution < -0.4 is 10.5 Å². The second-order valence-corrected chi connectivity index (χ2v) is 7.57. The van der Waals surface area contributed by atoms with Gasteiger partial charge in [-0.3, -0.25) is 0 Å². The summed E-state index contributed by atoms with van der Waals surface area (Å²) in [7, 11) is 0. The Balaban J connectivity index is 2.66. The third-order valence-corrected chi connectivity index (χ3v) is 3.75. The highest BCUT2D eigenvalue weighted by atomic mass is 16.5. The Bertz CT molecular complexity index is 430. The number of rotatable bonds is 6. The number of hydrogen-bond acceptors (Lipinski definition) is 2. The summed E-state index contributed by atoms with van der Waals surface area (Å²) in [5.74, 6) is 1.03. The van der Waals surface area contributed by atoms with Crippen molar-refractivity contribution in [2.75, 3.05) is 13.2 Å². The van der Waals surface area contributed by atoms with Crippen LogP contribution in [0, 0.1) is 12.3 Å². The van der Waals surface area contributed by atoms with Crippen LogP contribution in [0.1, 0.15) is 58.6 Å². The van der Waals surface area contributed by atoms with E-state index in [4.69, 9.17) is 10.5 Å². The van der Waals surface area contributed by atoms with Gasteiger partial charge in [-0.25, -0.2) is 0 Å². The third kappa shape index (κ3) is 5.16. The van der Waals surface area contributed by atoms with Crippen molar-refractivity contribution in [1.29, 1.82) is 0 Å². The number of ether oxygens (including phenoxy) is 1. The molecule has 1 aromatic carbocycles. The average molecular weight is 277 g/mol. The minimum absolute atomic E-state index is 0.111. The summed E-state index contributed by atoms with van der Waals surface area (Å²) in [5.41, 5.74) is 8.61. The van der Waals surface area contributed by atoms with E-state index in [1.807, 2.05) is 0 Å². The van der Waals surface area contributed by atoms with Crippen molar-refractivity contribution < 1.29 is 4.74 Å². The van der Waals surface area contributed by atoms with Gasteiger partial charge in [-0.05, 0) is 54.3 Å². The smallest absolute Gasteiger partial charge is 0.123 e. The average Bonchev–Trinajstić information content (AvgIpc) is 2.33. The molecule has 1 rings (SSSR count). The van der Waals surface area contributed by atoms with Crippen LogP contribution in [0.25, 0.3) is 0 Å². The molecule has 2 nitrogen and oxygen atoms in total. The van der Waals surface area contributed by atoms with Gasteiger partial charge in [-0.15, -0.1) is 0 Å². The van der Waals surface area contributed by atoms with Crippen molar-refractivity contribution in [1.82, 2.24) is 0 Å². The fourth-order valence-corrected chi connectivity index (χ4v) is 2.20. The highest BCUT2D eigenvalue weighted by Gasteiger charge is 2.19. The fraction of sp³-hybridized carbons (Fsp3) is 0.667. The normalized spacial score (nSPS) is 12.6. The van der Waals surface area contributed by atoms with Crippen LogP contribution >= 0.6 is 0 Å². The molecule has 0 amide bonds. The van der Waals surface area contributed by atoms with Gasteiger partial charge in [0.05, 0.1) is 6.61 Å². The molecule has 0 atom stereocenters. The summed E-state index contributed by atoms with van der Waals surface area (Å²) in [6.07, 6.45) is 2.14. The van der Waals surface area contributed by atoms with Crippen LogP contribution in [-0.4, -0.2) is 13.2 Å². The van der Waals surface area contributed by atoms with E-state index in [9.17, 15) is 0 Å². The minimum atomic E-state index is 0.111. The Hall–Kier alpha value is -1.02. The van der Waals surface area contributed by atoms with Crippen LogP contribution in [0.4, 0.5) is 0 Å². The summed E-state index contributed by atoms with van der Waals surface area (Å²) < 4.78 is 6.04. The van der Waals surface area contributed by atoms with Crippen LogP contribution in [0.3, 0.4) is 0 Å². The maximum Gasteiger partial charge on any atom is 0.123 e. The molecular weight excluding hydrogens is 246 g/mol. The molecular formula is C18H31NO. The number of aryl methyl sites for hydroxylation is 1. The molecule has 114 valence electrons. The molecule has 0 radical (unpaired) electrons. The van der Waals surface area contributed by atoms with Gasteiger partial charge in [0.15, 0.2) is 0 Å². The molecule has 0 spiro atoms. The highest BCUT2D eigenvalue weighted by Crippen LogP contribution is 2.32. The molecule has 0 aromatic heterocycles. The van der Waals surface area contributed by atoms with E-state index in [1.165, 1.54) is 11.1 Å². The quantitative estimate of drug-likeness (QED) is 0.780. The second kappa shape index (κ2) is 6.62. The Morgan fingerprint density at radius 1 is 1.10 bits per heavy atom. The first-order valence-electron chi connectivity index (χ1n) is 7.60. The van der Waals surface area contributed by atoms with Gasteiger partial charge < -0.3 is 10.5 Å². The largest absolute Gasteiger partial charge is 0.493 e. The lowest BCUT2D eigenvalue weighted by atomic mass is 9.86. The lowest BCUT2D eigenvalue weighted by Gasteiger charge is -2.25. The maximum atomic E-state index is 6.04. The van der Waals surface area contributed by atoms with E-state index >= 15 is 0 Å². The zero-order valence-electron chi connectivity index (χ0n) is 14.0. The highest BCUT2D eigenvalue weighted by molar-refractivity contribution is 5.41. The van der Waals surface area contributed by atoms with Crippen molar-refractivity contribution in [2.45, 2.75) is 59.8 Å². The molecule has 0 aliphatic rings. The summed E-state index contributed by atoms with van der Waals surface area (Å²) in [6.45, 7) is 14.7. The SMILES string of the molecule is Cc1ccc(C(C)(C)C)c(OCCCC(C)(C)CN)c1. The molecule has 0 unspecified atom stereocenters. The lowest BCUT2D eigenvalue weighted by molar-refractivity contribution is 0.257. The van der Waals surface area contributed by atoms with Crippen LogP contribution in [0.15, 0.2) is 18.2 Å². The lowest BCUT2D eigenvalue weighted by Crippen LogP contribution is -2.24. The molecule has 1 aromatic rings. The number of nitrogens with two attached hydrogens (primary N) is 1. The van der Waals surface area contributed by atoms with Gasteiger partial charge in [-0.2, -0.15) is 0 Å². The third-order valence-electron chi connectivity index (χ3n) is 3.75. The Kier molecular flexibility index (Phi) is 5.64. The van der Waals surface area contributed by atoms with Crippen molar-refractivity contribution in [2.24, 2.45) is 11.1 Å². The number of benzene rings is 1. The molecule has 0 heterocycles. The predicted molar refractivity (Wildman–Crippen MR) is 87.4 cm³/mol. The molecule has 0 aliphatic heterocycles. The summed E-state index contributed by atoms with van der Waals surface area (Å²) in [6, 6.07) is 6.49. The van der Waals surface area contributed by atoms with Gasteiger partial charge in [0, 0.05) is 0 Å². The van der Waals surface area contributed by atoms with E-state index in [0.717, 1.165) is 31.7 Å².